The highest BCUT2D eigenvalue weighted by Crippen LogP contribution is 2.23. The Balaban J connectivity index is 1.86. The normalized spacial score (nSPS) is 10.2. The minimum atomic E-state index is -0.0206. The first-order chi connectivity index (χ1) is 12.8. The fraction of sp³-hybridized carbons (Fsp3) is 0.0870. The summed E-state index contributed by atoms with van der Waals surface area (Å²) in [6.45, 7) is 4.84. The molecule has 0 fully saturated rings. The Bertz CT molecular complexity index is 860. The minimum absolute atomic E-state index is 0.0206. The molecule has 1 amide bonds. The number of hydrogen-bond acceptors (Lipinski definition) is 2. The molecular weight excluding hydrogens is 320 g/mol. The molecular formula is C23H22N2O. The average Bonchev–Trinajstić information content (AvgIpc) is 2.69. The molecule has 0 aliphatic carbocycles. The molecule has 0 aliphatic rings. The van der Waals surface area contributed by atoms with E-state index >= 15 is 0 Å². The summed E-state index contributed by atoms with van der Waals surface area (Å²) in [5, 5.41) is 3.34. The highest BCUT2D eigenvalue weighted by Gasteiger charge is 2.18. The first-order valence-electron chi connectivity index (χ1n) is 8.63. The molecule has 0 heterocycles. The van der Waals surface area contributed by atoms with Crippen molar-refractivity contribution < 1.29 is 4.79 Å². The van der Waals surface area contributed by atoms with Crippen molar-refractivity contribution in [1.82, 2.24) is 4.90 Å². The molecule has 1 N–H and O–H groups in total. The molecule has 0 saturated carbocycles. The Hall–Kier alpha value is -3.33. The van der Waals surface area contributed by atoms with Gasteiger partial charge in [0, 0.05) is 18.8 Å². The van der Waals surface area contributed by atoms with E-state index in [0.717, 1.165) is 16.9 Å². The predicted molar refractivity (Wildman–Crippen MR) is 108 cm³/mol. The summed E-state index contributed by atoms with van der Waals surface area (Å²) in [6.07, 6.45) is 1.76. The number of carbonyl (C=O) groups excluding carboxylic acids is 1. The molecule has 0 unspecified atom stereocenters. The van der Waals surface area contributed by atoms with Crippen LogP contribution in [0.1, 0.15) is 15.9 Å². The Kier molecular flexibility index (Phi) is 5.84. The maximum absolute atomic E-state index is 13.2. The van der Waals surface area contributed by atoms with Gasteiger partial charge in [-0.25, -0.2) is 0 Å². The highest BCUT2D eigenvalue weighted by molar-refractivity contribution is 6.00. The van der Waals surface area contributed by atoms with E-state index < -0.39 is 0 Å². The number of rotatable bonds is 7. The van der Waals surface area contributed by atoms with Gasteiger partial charge in [-0.3, -0.25) is 4.79 Å². The lowest BCUT2D eigenvalue weighted by Gasteiger charge is -2.23. The van der Waals surface area contributed by atoms with Crippen LogP contribution in [-0.2, 0) is 6.54 Å². The molecule has 0 spiro atoms. The topological polar surface area (TPSA) is 32.3 Å². The summed E-state index contributed by atoms with van der Waals surface area (Å²) >= 11 is 0. The van der Waals surface area contributed by atoms with Gasteiger partial charge in [-0.1, -0.05) is 66.7 Å². The minimum Gasteiger partial charge on any atom is -0.355 e. The first-order valence-corrected chi connectivity index (χ1v) is 8.63. The first kappa shape index (κ1) is 17.5. The van der Waals surface area contributed by atoms with Crippen molar-refractivity contribution in [2.24, 2.45) is 0 Å². The van der Waals surface area contributed by atoms with Gasteiger partial charge in [-0.2, -0.15) is 0 Å². The molecule has 26 heavy (non-hydrogen) atoms. The van der Waals surface area contributed by atoms with Gasteiger partial charge in [-0.15, -0.1) is 6.58 Å². The summed E-state index contributed by atoms with van der Waals surface area (Å²) < 4.78 is 0. The molecule has 0 bridgehead atoms. The molecule has 0 aliphatic heterocycles. The van der Waals surface area contributed by atoms with E-state index in [1.54, 1.807) is 11.0 Å². The van der Waals surface area contributed by atoms with E-state index in [1.807, 2.05) is 84.9 Å². The maximum atomic E-state index is 13.2. The number of nitrogens with one attached hydrogen (secondary N) is 1. The number of hydrogen-bond donors (Lipinski definition) is 1. The highest BCUT2D eigenvalue weighted by atomic mass is 16.2. The zero-order chi connectivity index (χ0) is 18.2. The van der Waals surface area contributed by atoms with E-state index in [-0.39, 0.29) is 5.91 Å². The van der Waals surface area contributed by atoms with Crippen molar-refractivity contribution in [3.63, 3.8) is 0 Å². The number of carbonyl (C=O) groups is 1. The average molecular weight is 342 g/mol. The van der Waals surface area contributed by atoms with Gasteiger partial charge in [0.15, 0.2) is 0 Å². The third kappa shape index (κ3) is 4.39. The Morgan fingerprint density at radius 3 is 2.19 bits per heavy atom. The number of anilines is 2. The van der Waals surface area contributed by atoms with Crippen molar-refractivity contribution in [3.05, 3.63) is 109 Å². The van der Waals surface area contributed by atoms with Crippen LogP contribution in [0.4, 0.5) is 11.4 Å². The van der Waals surface area contributed by atoms with E-state index in [1.165, 1.54) is 0 Å². The molecule has 130 valence electrons. The lowest BCUT2D eigenvalue weighted by molar-refractivity contribution is 0.0763. The molecule has 0 radical (unpaired) electrons. The van der Waals surface area contributed by atoms with Crippen LogP contribution in [0.5, 0.6) is 0 Å². The van der Waals surface area contributed by atoms with E-state index in [2.05, 4.69) is 11.9 Å². The van der Waals surface area contributed by atoms with E-state index in [4.69, 9.17) is 0 Å². The van der Waals surface area contributed by atoms with Gasteiger partial charge in [0.25, 0.3) is 5.91 Å². The van der Waals surface area contributed by atoms with E-state index in [0.29, 0.717) is 18.7 Å². The lowest BCUT2D eigenvalue weighted by atomic mass is 10.1. The van der Waals surface area contributed by atoms with Crippen molar-refractivity contribution in [1.29, 1.82) is 0 Å². The van der Waals surface area contributed by atoms with Crippen LogP contribution in [0.2, 0.25) is 0 Å². The molecule has 3 heteroatoms. The molecule has 3 aromatic rings. The van der Waals surface area contributed by atoms with Crippen LogP contribution >= 0.6 is 0 Å². The largest absolute Gasteiger partial charge is 0.355 e. The maximum Gasteiger partial charge on any atom is 0.256 e. The standard InChI is InChI=1S/C23H22N2O/c1-2-17-25(18-19-11-5-3-6-12-19)23(26)21-15-9-10-16-22(21)24-20-13-7-4-8-14-20/h2-16,24H,1,17-18H2. The monoisotopic (exact) mass is 342 g/mol. The second-order valence-corrected chi connectivity index (χ2v) is 6.00. The number of benzene rings is 3. The van der Waals surface area contributed by atoms with Gasteiger partial charge in [-0.05, 0) is 29.8 Å². The third-order valence-electron chi connectivity index (χ3n) is 4.06. The Morgan fingerprint density at radius 1 is 0.885 bits per heavy atom. The molecule has 3 aromatic carbocycles. The Labute approximate surface area is 154 Å². The summed E-state index contributed by atoms with van der Waals surface area (Å²) in [5.74, 6) is -0.0206. The van der Waals surface area contributed by atoms with Gasteiger partial charge in [0.2, 0.25) is 0 Å². The number of para-hydroxylation sites is 2. The summed E-state index contributed by atoms with van der Waals surface area (Å²) in [5.41, 5.74) is 3.49. The SMILES string of the molecule is C=CCN(Cc1ccccc1)C(=O)c1ccccc1Nc1ccccc1. The van der Waals surface area contributed by atoms with Gasteiger partial charge >= 0.3 is 0 Å². The van der Waals surface area contributed by atoms with Gasteiger partial charge in [0.1, 0.15) is 0 Å². The van der Waals surface area contributed by atoms with Crippen LogP contribution in [0.25, 0.3) is 0 Å². The molecule has 0 atom stereocenters. The lowest BCUT2D eigenvalue weighted by Crippen LogP contribution is -2.31. The summed E-state index contributed by atoms with van der Waals surface area (Å²) in [4.78, 5) is 15.0. The number of nitrogens with zero attached hydrogens (tertiary/aromatic N) is 1. The smallest absolute Gasteiger partial charge is 0.256 e. The van der Waals surface area contributed by atoms with Crippen molar-refractivity contribution in [2.75, 3.05) is 11.9 Å². The second-order valence-electron chi connectivity index (χ2n) is 6.00. The van der Waals surface area contributed by atoms with Crippen LogP contribution in [0.3, 0.4) is 0 Å². The van der Waals surface area contributed by atoms with Crippen molar-refractivity contribution in [2.45, 2.75) is 6.54 Å². The van der Waals surface area contributed by atoms with Crippen LogP contribution in [-0.4, -0.2) is 17.4 Å². The fourth-order valence-electron chi connectivity index (χ4n) is 2.80. The molecule has 3 nitrogen and oxygen atoms in total. The van der Waals surface area contributed by atoms with Crippen LogP contribution in [0, 0.1) is 0 Å². The van der Waals surface area contributed by atoms with Crippen molar-refractivity contribution in [3.8, 4) is 0 Å². The fourth-order valence-corrected chi connectivity index (χ4v) is 2.80. The quantitative estimate of drug-likeness (QED) is 0.594. The molecule has 0 aromatic heterocycles. The second kappa shape index (κ2) is 8.67. The summed E-state index contributed by atoms with van der Waals surface area (Å²) in [7, 11) is 0. The number of amides is 1. The molecule has 0 saturated heterocycles. The van der Waals surface area contributed by atoms with Crippen LogP contribution < -0.4 is 5.32 Å². The predicted octanol–water partition coefficient (Wildman–Crippen LogP) is 5.26. The van der Waals surface area contributed by atoms with E-state index in [9.17, 15) is 4.79 Å². The van der Waals surface area contributed by atoms with Gasteiger partial charge < -0.3 is 10.2 Å². The summed E-state index contributed by atoms with van der Waals surface area (Å²) in [6, 6.07) is 27.4. The van der Waals surface area contributed by atoms with Crippen LogP contribution in [0.15, 0.2) is 97.6 Å². The van der Waals surface area contributed by atoms with Crippen molar-refractivity contribution >= 4 is 17.3 Å². The van der Waals surface area contributed by atoms with Gasteiger partial charge in [0.05, 0.1) is 11.3 Å². The Morgan fingerprint density at radius 2 is 1.50 bits per heavy atom. The zero-order valence-corrected chi connectivity index (χ0v) is 14.6. The molecule has 3 rings (SSSR count). The third-order valence-corrected chi connectivity index (χ3v) is 4.06. The zero-order valence-electron chi connectivity index (χ0n) is 14.6.